The topological polar surface area (TPSA) is 66.4 Å². The van der Waals surface area contributed by atoms with Crippen LogP contribution in [0.25, 0.3) is 0 Å². The number of amides is 1. The van der Waals surface area contributed by atoms with E-state index in [0.717, 1.165) is 10.6 Å². The van der Waals surface area contributed by atoms with Gasteiger partial charge in [0.1, 0.15) is 6.04 Å². The van der Waals surface area contributed by atoms with Crippen molar-refractivity contribution < 1.29 is 14.7 Å². The predicted octanol–water partition coefficient (Wildman–Crippen LogP) is 2.65. The molecule has 2 N–H and O–H groups in total. The summed E-state index contributed by atoms with van der Waals surface area (Å²) in [6, 6.07) is 4.00. The fraction of sp³-hybridized carbons (Fsp3) is 0.333. The molecule has 18 heavy (non-hydrogen) atoms. The number of aliphatic carboxylic acids is 1. The molecule has 1 atom stereocenters. The molecule has 0 radical (unpaired) electrons. The molecule has 98 valence electrons. The summed E-state index contributed by atoms with van der Waals surface area (Å²) >= 11 is 7.36. The summed E-state index contributed by atoms with van der Waals surface area (Å²) in [5.41, 5.74) is 0.444. The van der Waals surface area contributed by atoms with E-state index in [1.54, 1.807) is 18.2 Å². The second kappa shape index (κ2) is 6.66. The Morgan fingerprint density at radius 1 is 1.50 bits per heavy atom. The van der Waals surface area contributed by atoms with Gasteiger partial charge in [-0.25, -0.2) is 0 Å². The highest BCUT2D eigenvalue weighted by molar-refractivity contribution is 7.99. The number of hydrogen-bond acceptors (Lipinski definition) is 3. The highest BCUT2D eigenvalue weighted by atomic mass is 35.5. The van der Waals surface area contributed by atoms with E-state index in [2.05, 4.69) is 5.32 Å². The molecule has 0 aromatic heterocycles. The van der Waals surface area contributed by atoms with E-state index in [0.29, 0.717) is 10.6 Å². The van der Waals surface area contributed by atoms with Crippen molar-refractivity contribution in [2.45, 2.75) is 24.8 Å². The predicted molar refractivity (Wildman–Crippen MR) is 72.4 cm³/mol. The molecule has 0 unspecified atom stereocenters. The zero-order valence-electron chi connectivity index (χ0n) is 10.1. The minimum Gasteiger partial charge on any atom is -0.480 e. The van der Waals surface area contributed by atoms with Gasteiger partial charge in [-0.1, -0.05) is 18.5 Å². The van der Waals surface area contributed by atoms with Crippen LogP contribution in [-0.4, -0.2) is 28.8 Å². The van der Waals surface area contributed by atoms with Crippen LogP contribution in [0, 0.1) is 0 Å². The molecule has 1 aromatic rings. The molecule has 0 aliphatic rings. The molecule has 0 heterocycles. The van der Waals surface area contributed by atoms with Gasteiger partial charge in [0, 0.05) is 9.92 Å². The lowest BCUT2D eigenvalue weighted by atomic mass is 10.2. The van der Waals surface area contributed by atoms with E-state index in [4.69, 9.17) is 16.7 Å². The summed E-state index contributed by atoms with van der Waals surface area (Å²) in [6.07, 6.45) is 0. The van der Waals surface area contributed by atoms with Gasteiger partial charge in [-0.3, -0.25) is 9.59 Å². The minimum atomic E-state index is -1.07. The summed E-state index contributed by atoms with van der Waals surface area (Å²) in [5.74, 6) is -0.672. The molecular formula is C12H14ClNO3S. The van der Waals surface area contributed by atoms with Gasteiger partial charge in [0.15, 0.2) is 0 Å². The highest BCUT2D eigenvalue weighted by Gasteiger charge is 2.17. The van der Waals surface area contributed by atoms with E-state index in [1.165, 1.54) is 18.7 Å². The average molecular weight is 288 g/mol. The number of carbonyl (C=O) groups is 2. The molecule has 0 spiro atoms. The Hall–Kier alpha value is -1.20. The Morgan fingerprint density at radius 2 is 2.17 bits per heavy atom. The first-order chi connectivity index (χ1) is 8.45. The van der Waals surface area contributed by atoms with E-state index < -0.39 is 17.9 Å². The van der Waals surface area contributed by atoms with Crippen LogP contribution in [0.15, 0.2) is 23.1 Å². The van der Waals surface area contributed by atoms with Crippen molar-refractivity contribution in [2.75, 3.05) is 5.75 Å². The fourth-order valence-corrected chi connectivity index (χ4v) is 2.37. The van der Waals surface area contributed by atoms with Crippen LogP contribution < -0.4 is 5.32 Å². The van der Waals surface area contributed by atoms with Crippen LogP contribution in [-0.2, 0) is 4.79 Å². The number of thioether (sulfide) groups is 1. The molecule has 0 saturated carbocycles. The Kier molecular flexibility index (Phi) is 5.50. The highest BCUT2D eigenvalue weighted by Crippen LogP contribution is 2.26. The molecule has 6 heteroatoms. The van der Waals surface area contributed by atoms with Crippen LogP contribution in [0.3, 0.4) is 0 Å². The number of halogens is 1. The van der Waals surface area contributed by atoms with Gasteiger partial charge in [0.05, 0.1) is 5.56 Å². The van der Waals surface area contributed by atoms with Gasteiger partial charge < -0.3 is 10.4 Å². The van der Waals surface area contributed by atoms with Crippen molar-refractivity contribution >= 4 is 35.2 Å². The zero-order chi connectivity index (χ0) is 13.7. The second-order valence-corrected chi connectivity index (χ2v) is 5.35. The van der Waals surface area contributed by atoms with Crippen molar-refractivity contribution in [3.8, 4) is 0 Å². The smallest absolute Gasteiger partial charge is 0.325 e. The van der Waals surface area contributed by atoms with Gasteiger partial charge in [0.2, 0.25) is 0 Å². The van der Waals surface area contributed by atoms with Crippen LogP contribution >= 0.6 is 23.4 Å². The number of carboxylic acid groups (broad SMARTS) is 1. The Balaban J connectivity index is 2.94. The standard InChI is InChI=1S/C12H14ClNO3S/c1-3-18-10-6-8(13)4-5-9(10)11(15)14-7(2)12(16)17/h4-7H,3H2,1-2H3,(H,14,15)(H,16,17)/t7-/m1/s1. The van der Waals surface area contributed by atoms with Crippen molar-refractivity contribution in [1.29, 1.82) is 0 Å². The summed E-state index contributed by atoms with van der Waals surface area (Å²) in [7, 11) is 0. The average Bonchev–Trinajstić information content (AvgIpc) is 2.29. The molecule has 0 aliphatic carbocycles. The first kappa shape index (κ1) is 14.9. The SMILES string of the molecule is CCSc1cc(Cl)ccc1C(=O)N[C@H](C)C(=O)O. The lowest BCUT2D eigenvalue weighted by Crippen LogP contribution is -2.38. The number of rotatable bonds is 5. The molecule has 0 bridgehead atoms. The maximum atomic E-state index is 11.9. The second-order valence-electron chi connectivity index (χ2n) is 3.61. The van der Waals surface area contributed by atoms with E-state index in [-0.39, 0.29) is 0 Å². The van der Waals surface area contributed by atoms with E-state index in [1.807, 2.05) is 6.92 Å². The van der Waals surface area contributed by atoms with Gasteiger partial charge >= 0.3 is 5.97 Å². The summed E-state index contributed by atoms with van der Waals surface area (Å²) in [4.78, 5) is 23.4. The maximum absolute atomic E-state index is 11.9. The maximum Gasteiger partial charge on any atom is 0.325 e. The molecular weight excluding hydrogens is 274 g/mol. The quantitative estimate of drug-likeness (QED) is 0.817. The van der Waals surface area contributed by atoms with Crippen LogP contribution in [0.4, 0.5) is 0 Å². The van der Waals surface area contributed by atoms with Crippen LogP contribution in [0.5, 0.6) is 0 Å². The van der Waals surface area contributed by atoms with Crippen LogP contribution in [0.1, 0.15) is 24.2 Å². The molecule has 1 rings (SSSR count). The molecule has 0 aliphatic heterocycles. The van der Waals surface area contributed by atoms with Gasteiger partial charge in [-0.15, -0.1) is 11.8 Å². The Labute approximate surface area is 115 Å². The van der Waals surface area contributed by atoms with Crippen molar-refractivity contribution in [3.63, 3.8) is 0 Å². The number of carbonyl (C=O) groups excluding carboxylic acids is 1. The van der Waals surface area contributed by atoms with Crippen molar-refractivity contribution in [3.05, 3.63) is 28.8 Å². The first-order valence-electron chi connectivity index (χ1n) is 5.41. The third-order valence-electron chi connectivity index (χ3n) is 2.21. The molecule has 4 nitrogen and oxygen atoms in total. The zero-order valence-corrected chi connectivity index (χ0v) is 11.6. The van der Waals surface area contributed by atoms with Gasteiger partial charge in [-0.2, -0.15) is 0 Å². The lowest BCUT2D eigenvalue weighted by Gasteiger charge is -2.12. The summed E-state index contributed by atoms with van der Waals surface area (Å²) < 4.78 is 0. The van der Waals surface area contributed by atoms with E-state index in [9.17, 15) is 9.59 Å². The normalized spacial score (nSPS) is 11.9. The van der Waals surface area contributed by atoms with Gasteiger partial charge in [0.25, 0.3) is 5.91 Å². The fourth-order valence-electron chi connectivity index (χ4n) is 1.29. The molecule has 1 amide bonds. The Bertz CT molecular complexity index is 465. The first-order valence-corrected chi connectivity index (χ1v) is 6.78. The summed E-state index contributed by atoms with van der Waals surface area (Å²) in [6.45, 7) is 3.38. The third-order valence-corrected chi connectivity index (χ3v) is 3.38. The number of benzene rings is 1. The van der Waals surface area contributed by atoms with Crippen LogP contribution in [0.2, 0.25) is 5.02 Å². The summed E-state index contributed by atoms with van der Waals surface area (Å²) in [5, 5.41) is 11.7. The van der Waals surface area contributed by atoms with Crippen molar-refractivity contribution in [2.24, 2.45) is 0 Å². The number of carboxylic acids is 1. The monoisotopic (exact) mass is 287 g/mol. The largest absolute Gasteiger partial charge is 0.480 e. The third kappa shape index (κ3) is 3.92. The number of hydrogen-bond donors (Lipinski definition) is 2. The lowest BCUT2D eigenvalue weighted by molar-refractivity contribution is -0.138. The Morgan fingerprint density at radius 3 is 2.72 bits per heavy atom. The van der Waals surface area contributed by atoms with E-state index >= 15 is 0 Å². The molecule has 0 saturated heterocycles. The van der Waals surface area contributed by atoms with Crippen molar-refractivity contribution in [1.82, 2.24) is 5.32 Å². The molecule has 1 aromatic carbocycles. The number of nitrogens with one attached hydrogen (secondary N) is 1. The minimum absolute atomic E-state index is 0.405. The van der Waals surface area contributed by atoms with Gasteiger partial charge in [-0.05, 0) is 30.9 Å². The molecule has 0 fully saturated rings.